The Balaban J connectivity index is 2.04. The van der Waals surface area contributed by atoms with Gasteiger partial charge in [0.05, 0.1) is 16.6 Å². The molecule has 0 saturated heterocycles. The van der Waals surface area contributed by atoms with Gasteiger partial charge in [-0.2, -0.15) is 0 Å². The standard InChI is InChI=1S/C15H16N2O7/c1-9(2)16-14(18)7-22-15(19)4-3-10-5-12-13(24-8-23-12)6-11(10)17(20)21/h3-6,9H,7-8H2,1-2H3,(H,16,18)/b4-3+. The lowest BCUT2D eigenvalue weighted by Crippen LogP contribution is -2.33. The summed E-state index contributed by atoms with van der Waals surface area (Å²) in [7, 11) is 0. The maximum atomic E-state index is 11.6. The Morgan fingerprint density at radius 1 is 1.38 bits per heavy atom. The number of hydrogen-bond donors (Lipinski definition) is 1. The molecule has 0 atom stereocenters. The van der Waals surface area contributed by atoms with Gasteiger partial charge < -0.3 is 19.5 Å². The Labute approximate surface area is 137 Å². The Bertz CT molecular complexity index is 697. The molecule has 1 N–H and O–H groups in total. The molecule has 1 aromatic carbocycles. The molecule has 0 fully saturated rings. The van der Waals surface area contributed by atoms with Gasteiger partial charge in [0, 0.05) is 12.1 Å². The monoisotopic (exact) mass is 336 g/mol. The molecule has 0 radical (unpaired) electrons. The van der Waals surface area contributed by atoms with Crippen molar-refractivity contribution in [2.75, 3.05) is 13.4 Å². The molecule has 1 aromatic rings. The predicted molar refractivity (Wildman–Crippen MR) is 82.5 cm³/mol. The van der Waals surface area contributed by atoms with Crippen LogP contribution in [0, 0.1) is 10.1 Å². The smallest absolute Gasteiger partial charge is 0.331 e. The van der Waals surface area contributed by atoms with Crippen LogP contribution in [0.25, 0.3) is 6.08 Å². The van der Waals surface area contributed by atoms with E-state index in [2.05, 4.69) is 5.32 Å². The molecule has 0 unspecified atom stereocenters. The number of ether oxygens (including phenoxy) is 3. The molecular formula is C15H16N2O7. The number of nitrogens with one attached hydrogen (secondary N) is 1. The highest BCUT2D eigenvalue weighted by Gasteiger charge is 2.22. The molecule has 9 nitrogen and oxygen atoms in total. The van der Waals surface area contributed by atoms with Gasteiger partial charge in [0.15, 0.2) is 18.1 Å². The molecule has 1 amide bonds. The number of carbonyl (C=O) groups excluding carboxylic acids is 2. The van der Waals surface area contributed by atoms with Gasteiger partial charge in [0.2, 0.25) is 6.79 Å². The van der Waals surface area contributed by atoms with E-state index in [0.29, 0.717) is 5.75 Å². The van der Waals surface area contributed by atoms with Gasteiger partial charge in [-0.25, -0.2) is 4.79 Å². The van der Waals surface area contributed by atoms with Crippen LogP contribution < -0.4 is 14.8 Å². The summed E-state index contributed by atoms with van der Waals surface area (Å²) in [6, 6.07) is 2.56. The van der Waals surface area contributed by atoms with Crippen LogP contribution >= 0.6 is 0 Å². The van der Waals surface area contributed by atoms with E-state index in [9.17, 15) is 19.7 Å². The number of nitrogens with zero attached hydrogens (tertiary/aromatic N) is 1. The van der Waals surface area contributed by atoms with Crippen molar-refractivity contribution in [3.05, 3.63) is 33.9 Å². The van der Waals surface area contributed by atoms with Crippen LogP contribution in [0.15, 0.2) is 18.2 Å². The molecule has 1 heterocycles. The minimum Gasteiger partial charge on any atom is -0.454 e. The minimum absolute atomic E-state index is 0.0212. The molecular weight excluding hydrogens is 320 g/mol. The second-order valence-corrected chi connectivity index (χ2v) is 5.18. The second kappa shape index (κ2) is 7.44. The molecule has 0 bridgehead atoms. The van der Waals surface area contributed by atoms with Gasteiger partial charge in [0.1, 0.15) is 0 Å². The molecule has 0 aromatic heterocycles. The zero-order chi connectivity index (χ0) is 17.7. The number of nitro groups is 1. The number of carbonyl (C=O) groups is 2. The average molecular weight is 336 g/mol. The number of esters is 1. The summed E-state index contributed by atoms with van der Waals surface area (Å²) in [5.74, 6) is -0.599. The maximum Gasteiger partial charge on any atom is 0.331 e. The van der Waals surface area contributed by atoms with Gasteiger partial charge in [-0.3, -0.25) is 14.9 Å². The highest BCUT2D eigenvalue weighted by Crippen LogP contribution is 2.38. The minimum atomic E-state index is -0.791. The van der Waals surface area contributed by atoms with Crippen molar-refractivity contribution >= 4 is 23.6 Å². The Morgan fingerprint density at radius 2 is 2.04 bits per heavy atom. The van der Waals surface area contributed by atoms with E-state index in [1.54, 1.807) is 13.8 Å². The summed E-state index contributed by atoms with van der Waals surface area (Å²) < 4.78 is 15.0. The van der Waals surface area contributed by atoms with Gasteiger partial charge >= 0.3 is 5.97 Å². The van der Waals surface area contributed by atoms with Crippen molar-refractivity contribution < 1.29 is 28.7 Å². The largest absolute Gasteiger partial charge is 0.454 e. The first kappa shape index (κ1) is 17.3. The lowest BCUT2D eigenvalue weighted by Gasteiger charge is -2.07. The van der Waals surface area contributed by atoms with Crippen molar-refractivity contribution in [3.8, 4) is 11.5 Å². The molecule has 24 heavy (non-hydrogen) atoms. The topological polar surface area (TPSA) is 117 Å². The van der Waals surface area contributed by atoms with Crippen LogP contribution in [-0.2, 0) is 14.3 Å². The van der Waals surface area contributed by atoms with Crippen molar-refractivity contribution in [3.63, 3.8) is 0 Å². The fourth-order valence-electron chi connectivity index (χ4n) is 1.94. The average Bonchev–Trinajstić information content (AvgIpc) is 2.96. The molecule has 0 saturated carbocycles. The van der Waals surface area contributed by atoms with Crippen LogP contribution in [0.4, 0.5) is 5.69 Å². The number of hydrogen-bond acceptors (Lipinski definition) is 7. The third kappa shape index (κ3) is 4.45. The summed E-state index contributed by atoms with van der Waals surface area (Å²) in [6.45, 7) is 3.11. The molecule has 9 heteroatoms. The van der Waals surface area contributed by atoms with Crippen LogP contribution in [0.3, 0.4) is 0 Å². The normalized spacial score (nSPS) is 12.5. The van der Waals surface area contributed by atoms with Crippen LogP contribution in [-0.4, -0.2) is 36.2 Å². The zero-order valence-corrected chi connectivity index (χ0v) is 13.1. The van der Waals surface area contributed by atoms with Gasteiger partial charge in [-0.05, 0) is 26.0 Å². The van der Waals surface area contributed by atoms with Gasteiger partial charge in [-0.15, -0.1) is 0 Å². The first-order chi connectivity index (χ1) is 11.4. The van der Waals surface area contributed by atoms with E-state index in [0.717, 1.165) is 6.08 Å². The van der Waals surface area contributed by atoms with Crippen molar-refractivity contribution in [1.29, 1.82) is 0 Å². The Morgan fingerprint density at radius 3 is 2.67 bits per heavy atom. The number of fused-ring (bicyclic) bond motifs is 1. The van der Waals surface area contributed by atoms with E-state index in [-0.39, 0.29) is 29.8 Å². The summed E-state index contributed by atoms with van der Waals surface area (Å²) in [5.41, 5.74) is -0.0753. The van der Waals surface area contributed by atoms with E-state index >= 15 is 0 Å². The Kier molecular flexibility index (Phi) is 5.35. The number of rotatable bonds is 6. The Hall–Kier alpha value is -3.10. The van der Waals surface area contributed by atoms with E-state index in [1.807, 2.05) is 0 Å². The van der Waals surface area contributed by atoms with E-state index in [1.165, 1.54) is 18.2 Å². The molecule has 0 aliphatic carbocycles. The summed E-state index contributed by atoms with van der Waals surface area (Å²) >= 11 is 0. The fraction of sp³-hybridized carbons (Fsp3) is 0.333. The van der Waals surface area contributed by atoms with E-state index < -0.39 is 23.4 Å². The third-order valence-corrected chi connectivity index (χ3v) is 2.91. The highest BCUT2D eigenvalue weighted by molar-refractivity contribution is 5.90. The van der Waals surface area contributed by atoms with Gasteiger partial charge in [0.25, 0.3) is 11.6 Å². The number of benzene rings is 1. The highest BCUT2D eigenvalue weighted by atomic mass is 16.7. The first-order valence-corrected chi connectivity index (χ1v) is 7.09. The second-order valence-electron chi connectivity index (χ2n) is 5.18. The molecule has 0 spiro atoms. The zero-order valence-electron chi connectivity index (χ0n) is 13.1. The SMILES string of the molecule is CC(C)NC(=O)COC(=O)/C=C/c1cc2c(cc1[N+](=O)[O-])OCO2. The summed E-state index contributed by atoms with van der Waals surface area (Å²) in [5, 5.41) is 13.7. The quantitative estimate of drug-likeness (QED) is 0.361. The summed E-state index contributed by atoms with van der Waals surface area (Å²) in [4.78, 5) is 33.5. The fourth-order valence-corrected chi connectivity index (χ4v) is 1.94. The first-order valence-electron chi connectivity index (χ1n) is 7.09. The van der Waals surface area contributed by atoms with Crippen LogP contribution in [0.5, 0.6) is 11.5 Å². The summed E-state index contributed by atoms with van der Waals surface area (Å²) in [6.07, 6.45) is 2.23. The lowest BCUT2D eigenvalue weighted by molar-refractivity contribution is -0.385. The van der Waals surface area contributed by atoms with Crippen LogP contribution in [0.2, 0.25) is 0 Å². The number of nitro benzene ring substituents is 1. The van der Waals surface area contributed by atoms with Crippen molar-refractivity contribution in [2.24, 2.45) is 0 Å². The lowest BCUT2D eigenvalue weighted by atomic mass is 10.1. The molecule has 1 aliphatic rings. The van der Waals surface area contributed by atoms with Crippen molar-refractivity contribution in [1.82, 2.24) is 5.32 Å². The van der Waals surface area contributed by atoms with E-state index in [4.69, 9.17) is 14.2 Å². The predicted octanol–water partition coefficient (Wildman–Crippen LogP) is 1.40. The molecule has 1 aliphatic heterocycles. The van der Waals surface area contributed by atoms with Crippen molar-refractivity contribution in [2.45, 2.75) is 19.9 Å². The van der Waals surface area contributed by atoms with Gasteiger partial charge in [-0.1, -0.05) is 0 Å². The third-order valence-electron chi connectivity index (χ3n) is 2.91. The molecule has 128 valence electrons. The van der Waals surface area contributed by atoms with Crippen LogP contribution in [0.1, 0.15) is 19.4 Å². The number of amides is 1. The molecule has 2 rings (SSSR count). The maximum absolute atomic E-state index is 11.6.